The molecule has 0 spiro atoms. The molecule has 1 heterocycles. The van der Waals surface area contributed by atoms with E-state index in [-0.39, 0.29) is 11.6 Å². The number of aromatic amines is 1. The monoisotopic (exact) mass is 253 g/mol. The van der Waals surface area contributed by atoms with E-state index < -0.39 is 17.4 Å². The van der Waals surface area contributed by atoms with Gasteiger partial charge in [-0.25, -0.2) is 4.79 Å². The zero-order valence-electron chi connectivity index (χ0n) is 11.3. The molecule has 100 valence electrons. The lowest BCUT2D eigenvalue weighted by atomic mass is 10.0. The normalized spacial score (nSPS) is 11.7. The first kappa shape index (κ1) is 14.2. The largest absolute Gasteiger partial charge is 0.480 e. The van der Waals surface area contributed by atoms with E-state index in [0.29, 0.717) is 0 Å². The zero-order chi connectivity index (χ0) is 14.1. The Kier molecular flexibility index (Phi) is 3.79. The highest BCUT2D eigenvalue weighted by molar-refractivity contribution is 5.96. The van der Waals surface area contributed by atoms with E-state index in [0.717, 1.165) is 5.69 Å². The highest BCUT2D eigenvalue weighted by atomic mass is 16.4. The summed E-state index contributed by atoms with van der Waals surface area (Å²) in [7, 11) is 1.46. The average molecular weight is 253 g/mol. The number of rotatable bonds is 4. The van der Waals surface area contributed by atoms with Gasteiger partial charge in [0.2, 0.25) is 0 Å². The van der Waals surface area contributed by atoms with Crippen LogP contribution in [-0.2, 0) is 4.79 Å². The Hall–Kier alpha value is -1.85. The van der Waals surface area contributed by atoms with Gasteiger partial charge < -0.3 is 10.0 Å². The van der Waals surface area contributed by atoms with E-state index >= 15 is 0 Å². The maximum atomic E-state index is 12.1. The van der Waals surface area contributed by atoms with Crippen LogP contribution in [0.15, 0.2) is 6.07 Å². The second kappa shape index (κ2) is 4.80. The predicted molar refractivity (Wildman–Crippen MR) is 66.5 cm³/mol. The van der Waals surface area contributed by atoms with Crippen LogP contribution in [0.3, 0.4) is 0 Å². The average Bonchev–Trinajstić information content (AvgIpc) is 2.76. The van der Waals surface area contributed by atoms with Gasteiger partial charge in [0, 0.05) is 12.7 Å². The number of carboxylic acids is 1. The van der Waals surface area contributed by atoms with Gasteiger partial charge in [0.15, 0.2) is 0 Å². The maximum absolute atomic E-state index is 12.1. The summed E-state index contributed by atoms with van der Waals surface area (Å²) < 4.78 is 0. The number of carboxylic acid groups (broad SMARTS) is 1. The lowest BCUT2D eigenvalue weighted by Crippen LogP contribution is -2.50. The molecule has 1 aromatic heterocycles. The van der Waals surface area contributed by atoms with Crippen molar-refractivity contribution in [1.82, 2.24) is 15.1 Å². The van der Waals surface area contributed by atoms with Crippen molar-refractivity contribution in [3.8, 4) is 0 Å². The molecule has 18 heavy (non-hydrogen) atoms. The van der Waals surface area contributed by atoms with Crippen LogP contribution in [0.1, 0.15) is 49.8 Å². The van der Waals surface area contributed by atoms with Gasteiger partial charge in [0.1, 0.15) is 11.2 Å². The highest BCUT2D eigenvalue weighted by Crippen LogP contribution is 2.18. The molecule has 0 saturated heterocycles. The Balaban J connectivity index is 2.96. The van der Waals surface area contributed by atoms with Gasteiger partial charge in [-0.15, -0.1) is 0 Å². The van der Waals surface area contributed by atoms with Crippen LogP contribution in [0, 0.1) is 0 Å². The molecule has 2 N–H and O–H groups in total. The summed E-state index contributed by atoms with van der Waals surface area (Å²) in [6.07, 6.45) is 0. The number of H-pyrrole nitrogens is 1. The molecule has 0 fully saturated rings. The van der Waals surface area contributed by atoms with Crippen LogP contribution in [0.2, 0.25) is 0 Å². The van der Waals surface area contributed by atoms with Gasteiger partial charge in [-0.05, 0) is 25.8 Å². The van der Waals surface area contributed by atoms with Crippen LogP contribution < -0.4 is 0 Å². The number of carbonyl (C=O) groups excluding carboxylic acids is 1. The molecule has 0 aromatic carbocycles. The second-order valence-electron chi connectivity index (χ2n) is 5.09. The molecule has 0 aliphatic rings. The lowest BCUT2D eigenvalue weighted by Gasteiger charge is -2.30. The van der Waals surface area contributed by atoms with E-state index in [2.05, 4.69) is 10.2 Å². The Bertz CT molecular complexity index is 463. The van der Waals surface area contributed by atoms with Gasteiger partial charge in [0.25, 0.3) is 5.91 Å². The van der Waals surface area contributed by atoms with Crippen LogP contribution in [0.25, 0.3) is 0 Å². The molecule has 0 atom stereocenters. The first-order valence-corrected chi connectivity index (χ1v) is 5.74. The van der Waals surface area contributed by atoms with Gasteiger partial charge >= 0.3 is 5.97 Å². The Morgan fingerprint density at radius 1 is 1.44 bits per heavy atom. The summed E-state index contributed by atoms with van der Waals surface area (Å²) >= 11 is 0. The predicted octanol–water partition coefficient (Wildman–Crippen LogP) is 1.47. The van der Waals surface area contributed by atoms with Crippen LogP contribution >= 0.6 is 0 Å². The molecule has 6 nitrogen and oxygen atoms in total. The summed E-state index contributed by atoms with van der Waals surface area (Å²) in [5.74, 6) is -1.24. The van der Waals surface area contributed by atoms with Crippen LogP contribution in [0.5, 0.6) is 0 Å². The SMILES string of the molecule is CC(C)c1cc(C(=O)N(C)C(C)(C)C(=O)O)n[nH]1. The van der Waals surface area contributed by atoms with Crippen molar-refractivity contribution < 1.29 is 14.7 Å². The fourth-order valence-electron chi connectivity index (χ4n) is 1.31. The molecule has 1 rings (SSSR count). The number of hydrogen-bond acceptors (Lipinski definition) is 3. The summed E-state index contributed by atoms with van der Waals surface area (Å²) in [6, 6.07) is 1.65. The smallest absolute Gasteiger partial charge is 0.329 e. The van der Waals surface area contributed by atoms with Crippen molar-refractivity contribution in [3.63, 3.8) is 0 Å². The lowest BCUT2D eigenvalue weighted by molar-refractivity contribution is -0.147. The minimum Gasteiger partial charge on any atom is -0.480 e. The van der Waals surface area contributed by atoms with Crippen molar-refractivity contribution in [2.75, 3.05) is 7.05 Å². The number of hydrogen-bond donors (Lipinski definition) is 2. The van der Waals surface area contributed by atoms with Crippen LogP contribution in [-0.4, -0.2) is 44.7 Å². The molecular weight excluding hydrogens is 234 g/mol. The number of aliphatic carboxylic acids is 1. The second-order valence-corrected chi connectivity index (χ2v) is 5.09. The van der Waals surface area contributed by atoms with Crippen molar-refractivity contribution in [2.24, 2.45) is 0 Å². The molecule has 0 aliphatic heterocycles. The van der Waals surface area contributed by atoms with E-state index in [1.165, 1.54) is 25.8 Å². The number of aromatic nitrogens is 2. The van der Waals surface area contributed by atoms with Crippen LogP contribution in [0.4, 0.5) is 0 Å². The number of likely N-dealkylation sites (N-methyl/N-ethyl adjacent to an activating group) is 1. The molecule has 0 radical (unpaired) electrons. The van der Waals surface area contributed by atoms with E-state index in [1.54, 1.807) is 6.07 Å². The minimum atomic E-state index is -1.27. The number of nitrogens with one attached hydrogen (secondary N) is 1. The van der Waals surface area contributed by atoms with Crippen molar-refractivity contribution in [2.45, 2.75) is 39.2 Å². The van der Waals surface area contributed by atoms with E-state index in [9.17, 15) is 9.59 Å². The van der Waals surface area contributed by atoms with Crippen molar-refractivity contribution in [3.05, 3.63) is 17.5 Å². The fourth-order valence-corrected chi connectivity index (χ4v) is 1.31. The Labute approximate surface area is 106 Å². The third-order valence-corrected chi connectivity index (χ3v) is 3.11. The minimum absolute atomic E-state index is 0.232. The maximum Gasteiger partial charge on any atom is 0.329 e. The van der Waals surface area contributed by atoms with E-state index in [1.807, 2.05) is 13.8 Å². The molecule has 0 saturated carbocycles. The number of carbonyl (C=O) groups is 2. The Morgan fingerprint density at radius 3 is 2.39 bits per heavy atom. The molecule has 0 aliphatic carbocycles. The Morgan fingerprint density at radius 2 is 2.00 bits per heavy atom. The third kappa shape index (κ3) is 2.52. The molecular formula is C12H19N3O3. The zero-order valence-corrected chi connectivity index (χ0v) is 11.3. The first-order valence-electron chi connectivity index (χ1n) is 5.74. The molecule has 6 heteroatoms. The van der Waals surface area contributed by atoms with Gasteiger partial charge in [-0.3, -0.25) is 9.89 Å². The molecule has 1 amide bonds. The number of nitrogens with zero attached hydrogens (tertiary/aromatic N) is 2. The summed E-state index contributed by atoms with van der Waals surface area (Å²) in [6.45, 7) is 6.91. The van der Waals surface area contributed by atoms with Gasteiger partial charge in [0.05, 0.1) is 0 Å². The molecule has 0 unspecified atom stereocenters. The number of amides is 1. The molecule has 1 aromatic rings. The quantitative estimate of drug-likeness (QED) is 0.850. The summed E-state index contributed by atoms with van der Waals surface area (Å²) in [5, 5.41) is 15.8. The van der Waals surface area contributed by atoms with Crippen molar-refractivity contribution in [1.29, 1.82) is 0 Å². The third-order valence-electron chi connectivity index (χ3n) is 3.11. The molecule has 0 bridgehead atoms. The topological polar surface area (TPSA) is 86.3 Å². The fraction of sp³-hybridized carbons (Fsp3) is 0.583. The first-order chi connectivity index (χ1) is 8.17. The van der Waals surface area contributed by atoms with Gasteiger partial charge in [-0.1, -0.05) is 13.8 Å². The van der Waals surface area contributed by atoms with Crippen molar-refractivity contribution >= 4 is 11.9 Å². The van der Waals surface area contributed by atoms with Gasteiger partial charge in [-0.2, -0.15) is 5.10 Å². The highest BCUT2D eigenvalue weighted by Gasteiger charge is 2.36. The summed E-state index contributed by atoms with van der Waals surface area (Å²) in [5.41, 5.74) is -0.191. The standard InChI is InChI=1S/C12H19N3O3/c1-7(2)8-6-9(14-13-8)10(16)15(5)12(3,4)11(17)18/h6-7H,1-5H3,(H,13,14)(H,17,18). The van der Waals surface area contributed by atoms with E-state index in [4.69, 9.17) is 5.11 Å². The summed E-state index contributed by atoms with van der Waals surface area (Å²) in [4.78, 5) is 24.4.